The molecule has 3 aromatic rings. The number of aryl methyl sites for hydroxylation is 1. The second-order valence-electron chi connectivity index (χ2n) is 9.07. The van der Waals surface area contributed by atoms with E-state index in [0.29, 0.717) is 11.5 Å². The summed E-state index contributed by atoms with van der Waals surface area (Å²) in [5.74, 6) is 0.210. The number of H-pyrrole nitrogens is 1. The number of hydrogen-bond acceptors (Lipinski definition) is 14. The summed E-state index contributed by atoms with van der Waals surface area (Å²) in [6, 6.07) is 0. The molecule has 2 aliphatic heterocycles. The van der Waals surface area contributed by atoms with Gasteiger partial charge in [0.15, 0.2) is 11.2 Å². The Morgan fingerprint density at radius 2 is 1.87 bits per heavy atom. The van der Waals surface area contributed by atoms with Gasteiger partial charge >= 0.3 is 13.3 Å². The first-order valence-electron chi connectivity index (χ1n) is 11.7. The molecule has 206 valence electrons. The van der Waals surface area contributed by atoms with Crippen LogP contribution < -0.4 is 17.0 Å². The van der Waals surface area contributed by atoms with Gasteiger partial charge < -0.3 is 39.5 Å². The molecule has 3 aromatic heterocycles. The van der Waals surface area contributed by atoms with Gasteiger partial charge in [0.1, 0.15) is 36.8 Å². The lowest BCUT2D eigenvalue weighted by atomic mass is 10.2. The van der Waals surface area contributed by atoms with Gasteiger partial charge in [0.2, 0.25) is 5.95 Å². The van der Waals surface area contributed by atoms with Gasteiger partial charge in [-0.3, -0.25) is 18.5 Å². The molecule has 5 N–H and O–H groups in total. The number of aromatic amines is 1. The van der Waals surface area contributed by atoms with Crippen LogP contribution in [0.2, 0.25) is 0 Å². The number of nitrogen functional groups attached to an aromatic ring is 1. The van der Waals surface area contributed by atoms with Crippen LogP contribution in [0.25, 0.3) is 11.2 Å². The van der Waals surface area contributed by atoms with E-state index >= 15 is 0 Å². The van der Waals surface area contributed by atoms with E-state index in [1.165, 1.54) is 19.3 Å². The number of hydrogen-bond donors (Lipinski definition) is 4. The summed E-state index contributed by atoms with van der Waals surface area (Å²) >= 11 is 0. The molecule has 0 saturated carbocycles. The maximum Gasteiger partial charge on any atom is 0.354 e. The summed E-state index contributed by atoms with van der Waals surface area (Å²) in [7, 11) is -3.74. The second-order valence-corrected chi connectivity index (χ2v) is 11.1. The van der Waals surface area contributed by atoms with Crippen molar-refractivity contribution >= 4 is 24.7 Å². The molecule has 0 amide bonds. The molecule has 0 spiro atoms. The molecule has 17 nitrogen and oxygen atoms in total. The molecule has 0 aromatic carbocycles. The number of nitrogens with zero attached hydrogens (tertiary/aromatic N) is 6. The maximum absolute atomic E-state index is 13.1. The van der Waals surface area contributed by atoms with E-state index < -0.39 is 56.8 Å². The molecular weight excluding hydrogens is 527 g/mol. The molecule has 0 bridgehead atoms. The standard InChI is InChI=1S/C20H27N8O9P/c1-9-24-17-16(18(31)25-9)22-7-27(17)14-3-10(30)13(36-14)6-34-38(2,33)37-11-4-15(35-12(11)5-29)28-8-23-19(21)26-20(28)32/h7-8,10-15,29-30H,3-6H2,1-2H3,(H2,21,26,32)(H,24,25,31)/t10?,11?,12-,13-,14-,15-,38?/m1/s1. The average Bonchev–Trinajstić information content (AvgIpc) is 3.54. The number of ether oxygens (including phenoxy) is 2. The minimum Gasteiger partial charge on any atom is -0.394 e. The Morgan fingerprint density at radius 3 is 2.61 bits per heavy atom. The van der Waals surface area contributed by atoms with Crippen LogP contribution in [0, 0.1) is 6.92 Å². The minimum absolute atomic E-state index is 0.0590. The van der Waals surface area contributed by atoms with E-state index in [1.54, 1.807) is 11.5 Å². The highest BCUT2D eigenvalue weighted by molar-refractivity contribution is 7.53. The predicted molar refractivity (Wildman–Crippen MR) is 128 cm³/mol. The molecule has 18 heteroatoms. The van der Waals surface area contributed by atoms with Crippen LogP contribution in [-0.2, 0) is 23.1 Å². The highest BCUT2D eigenvalue weighted by Gasteiger charge is 2.42. The number of aliphatic hydroxyl groups excluding tert-OH is 2. The van der Waals surface area contributed by atoms with Crippen LogP contribution in [0.4, 0.5) is 5.95 Å². The van der Waals surface area contributed by atoms with Gasteiger partial charge in [-0.15, -0.1) is 0 Å². The summed E-state index contributed by atoms with van der Waals surface area (Å²) < 4.78 is 38.5. The van der Waals surface area contributed by atoms with Crippen molar-refractivity contribution in [1.29, 1.82) is 0 Å². The molecule has 3 unspecified atom stereocenters. The number of aromatic nitrogens is 7. The van der Waals surface area contributed by atoms with Crippen molar-refractivity contribution in [2.24, 2.45) is 0 Å². The SMILES string of the molecule is Cc1nc2c(ncn2[C@H]2CC(O)[C@@H](COP(C)(=O)OC3C[C@H](n4cnc(N)nc4=O)O[C@@H]3CO)O2)c(=O)[nH]1. The first kappa shape index (κ1) is 26.6. The molecular formula is C20H27N8O9P. The largest absolute Gasteiger partial charge is 0.394 e. The van der Waals surface area contributed by atoms with Crippen molar-refractivity contribution in [3.05, 3.63) is 39.3 Å². The third-order valence-corrected chi connectivity index (χ3v) is 7.55. The van der Waals surface area contributed by atoms with Crippen molar-refractivity contribution in [3.8, 4) is 0 Å². The third kappa shape index (κ3) is 5.26. The van der Waals surface area contributed by atoms with E-state index in [0.717, 1.165) is 4.57 Å². The molecule has 5 rings (SSSR count). The van der Waals surface area contributed by atoms with Gasteiger partial charge in [-0.1, -0.05) is 0 Å². The zero-order valence-electron chi connectivity index (χ0n) is 20.4. The minimum atomic E-state index is -3.74. The van der Waals surface area contributed by atoms with Crippen LogP contribution in [-0.4, -0.2) is 88.6 Å². The van der Waals surface area contributed by atoms with Gasteiger partial charge in [0.25, 0.3) is 5.56 Å². The number of rotatable bonds is 8. The highest BCUT2D eigenvalue weighted by atomic mass is 31.2. The summed E-state index contributed by atoms with van der Waals surface area (Å²) in [6.45, 7) is 2.15. The van der Waals surface area contributed by atoms with Crippen LogP contribution in [0.15, 0.2) is 22.2 Å². The first-order chi connectivity index (χ1) is 18.0. The quantitative estimate of drug-likeness (QED) is 0.240. The molecule has 2 aliphatic rings. The fourth-order valence-electron chi connectivity index (χ4n) is 4.47. The zero-order valence-corrected chi connectivity index (χ0v) is 21.3. The van der Waals surface area contributed by atoms with Gasteiger partial charge in [0, 0.05) is 19.5 Å². The van der Waals surface area contributed by atoms with Crippen LogP contribution in [0.5, 0.6) is 0 Å². The lowest BCUT2D eigenvalue weighted by Gasteiger charge is -2.23. The van der Waals surface area contributed by atoms with Crippen molar-refractivity contribution in [2.45, 2.75) is 56.6 Å². The summed E-state index contributed by atoms with van der Waals surface area (Å²) in [5, 5.41) is 20.3. The summed E-state index contributed by atoms with van der Waals surface area (Å²) in [4.78, 5) is 42.5. The van der Waals surface area contributed by atoms with Gasteiger partial charge in [-0.05, 0) is 6.92 Å². The van der Waals surface area contributed by atoms with E-state index in [-0.39, 0.29) is 36.5 Å². The van der Waals surface area contributed by atoms with Gasteiger partial charge in [0.05, 0.1) is 31.7 Å². The third-order valence-electron chi connectivity index (χ3n) is 6.28. The number of nitrogens with two attached hydrogens (primary N) is 1. The number of nitrogens with one attached hydrogen (secondary N) is 1. The Hall–Kier alpha value is -3.05. The Balaban J connectivity index is 1.22. The van der Waals surface area contributed by atoms with E-state index in [9.17, 15) is 24.4 Å². The Morgan fingerprint density at radius 1 is 1.16 bits per heavy atom. The number of fused-ring (bicyclic) bond motifs is 1. The Labute approximate surface area is 214 Å². The molecule has 5 heterocycles. The van der Waals surface area contributed by atoms with Crippen LogP contribution in [0.3, 0.4) is 0 Å². The number of anilines is 1. The molecule has 38 heavy (non-hydrogen) atoms. The smallest absolute Gasteiger partial charge is 0.354 e. The van der Waals surface area contributed by atoms with E-state index in [1.807, 2.05) is 0 Å². The first-order valence-corrected chi connectivity index (χ1v) is 13.7. The molecule has 0 aliphatic carbocycles. The fourth-order valence-corrected chi connectivity index (χ4v) is 5.66. The molecule has 7 atom stereocenters. The maximum atomic E-state index is 13.1. The van der Waals surface area contributed by atoms with Crippen molar-refractivity contribution < 1.29 is 33.3 Å². The van der Waals surface area contributed by atoms with Crippen molar-refractivity contribution in [1.82, 2.24) is 34.1 Å². The number of imidazole rings is 1. The summed E-state index contributed by atoms with van der Waals surface area (Å²) in [6.07, 6.45) is -2.37. The lowest BCUT2D eigenvalue weighted by Crippen LogP contribution is -2.29. The van der Waals surface area contributed by atoms with Gasteiger partial charge in [-0.2, -0.15) is 4.98 Å². The van der Waals surface area contributed by atoms with Crippen LogP contribution in [0.1, 0.15) is 31.1 Å². The van der Waals surface area contributed by atoms with Gasteiger partial charge in [-0.25, -0.2) is 19.7 Å². The average molecular weight is 554 g/mol. The van der Waals surface area contributed by atoms with E-state index in [2.05, 4.69) is 24.9 Å². The summed E-state index contributed by atoms with van der Waals surface area (Å²) in [5.41, 5.74) is 4.78. The fraction of sp³-hybridized carbons (Fsp3) is 0.600. The molecule has 0 radical (unpaired) electrons. The Bertz CT molecular complexity index is 1490. The van der Waals surface area contributed by atoms with Crippen molar-refractivity contribution in [2.75, 3.05) is 25.6 Å². The Kier molecular flexibility index (Phi) is 7.17. The topological polar surface area (TPSA) is 232 Å². The number of aliphatic hydroxyl groups is 2. The van der Waals surface area contributed by atoms with E-state index in [4.69, 9.17) is 24.3 Å². The lowest BCUT2D eigenvalue weighted by molar-refractivity contribution is -0.0511. The van der Waals surface area contributed by atoms with Crippen LogP contribution >= 0.6 is 7.60 Å². The zero-order chi connectivity index (χ0) is 27.2. The van der Waals surface area contributed by atoms with Crippen molar-refractivity contribution in [3.63, 3.8) is 0 Å². The normalized spacial score (nSPS) is 29.2. The molecule has 2 saturated heterocycles. The highest BCUT2D eigenvalue weighted by Crippen LogP contribution is 2.49. The monoisotopic (exact) mass is 554 g/mol. The molecule has 2 fully saturated rings. The second kappa shape index (κ2) is 10.3. The predicted octanol–water partition coefficient (Wildman–Crippen LogP) is -1.18.